The molecule has 0 saturated carbocycles. The molecular weight excluding hydrogens is 305 g/mol. The third-order valence-electron chi connectivity index (χ3n) is 2.50. The number of benzene rings is 2. The molecule has 4 nitrogen and oxygen atoms in total. The number of hydrogen-bond donors (Lipinski definition) is 1. The van der Waals surface area contributed by atoms with E-state index in [2.05, 4.69) is 0 Å². The van der Waals surface area contributed by atoms with Crippen LogP contribution in [0.1, 0.15) is 5.56 Å². The van der Waals surface area contributed by atoms with Gasteiger partial charge in [-0.25, -0.2) is 17.9 Å². The van der Waals surface area contributed by atoms with Crippen LogP contribution in [0.3, 0.4) is 0 Å². The lowest BCUT2D eigenvalue weighted by molar-refractivity contribution is 0.297. The SMILES string of the molecule is NS(=O)(=O)c1cc(Cl)ccc1OCc1cccc(F)c1. The standard InChI is InChI=1S/C13H11ClFNO3S/c14-10-4-5-12(13(7-10)20(16,17)18)19-8-9-2-1-3-11(15)6-9/h1-7H,8H2,(H2,16,17,18). The molecule has 0 radical (unpaired) electrons. The summed E-state index contributed by atoms with van der Waals surface area (Å²) in [7, 11) is -3.95. The first-order chi connectivity index (χ1) is 9.36. The van der Waals surface area contributed by atoms with Gasteiger partial charge in [0.1, 0.15) is 23.1 Å². The average Bonchev–Trinajstić information content (AvgIpc) is 2.36. The maximum atomic E-state index is 13.0. The van der Waals surface area contributed by atoms with E-state index in [0.29, 0.717) is 5.56 Å². The highest BCUT2D eigenvalue weighted by molar-refractivity contribution is 7.89. The van der Waals surface area contributed by atoms with Crippen LogP contribution in [0.25, 0.3) is 0 Å². The maximum Gasteiger partial charge on any atom is 0.241 e. The van der Waals surface area contributed by atoms with E-state index in [9.17, 15) is 12.8 Å². The van der Waals surface area contributed by atoms with Crippen LogP contribution in [0, 0.1) is 5.82 Å². The number of halogens is 2. The minimum absolute atomic E-state index is 0.0158. The highest BCUT2D eigenvalue weighted by Gasteiger charge is 2.16. The Hall–Kier alpha value is -1.63. The van der Waals surface area contributed by atoms with Gasteiger partial charge in [0, 0.05) is 5.02 Å². The molecule has 0 unspecified atom stereocenters. The van der Waals surface area contributed by atoms with Crippen LogP contribution in [-0.2, 0) is 16.6 Å². The van der Waals surface area contributed by atoms with Crippen LogP contribution in [-0.4, -0.2) is 8.42 Å². The molecule has 0 atom stereocenters. The van der Waals surface area contributed by atoms with E-state index in [-0.39, 0.29) is 22.3 Å². The van der Waals surface area contributed by atoms with Gasteiger partial charge in [-0.1, -0.05) is 23.7 Å². The van der Waals surface area contributed by atoms with Crippen molar-refractivity contribution in [2.24, 2.45) is 5.14 Å². The van der Waals surface area contributed by atoms with Crippen molar-refractivity contribution in [3.8, 4) is 5.75 Å². The summed E-state index contributed by atoms with van der Waals surface area (Å²) in [5.41, 5.74) is 0.570. The van der Waals surface area contributed by atoms with Crippen LogP contribution >= 0.6 is 11.6 Å². The Labute approximate surface area is 121 Å². The number of primary sulfonamides is 1. The van der Waals surface area contributed by atoms with Gasteiger partial charge < -0.3 is 4.74 Å². The zero-order valence-corrected chi connectivity index (χ0v) is 11.8. The fourth-order valence-electron chi connectivity index (χ4n) is 1.61. The van der Waals surface area contributed by atoms with Crippen molar-refractivity contribution in [1.82, 2.24) is 0 Å². The van der Waals surface area contributed by atoms with Crippen LogP contribution < -0.4 is 9.88 Å². The van der Waals surface area contributed by atoms with Crippen molar-refractivity contribution in [2.75, 3.05) is 0 Å². The molecule has 0 aromatic heterocycles. The Morgan fingerprint density at radius 1 is 1.20 bits per heavy atom. The van der Waals surface area contributed by atoms with Crippen LogP contribution in [0.5, 0.6) is 5.75 Å². The summed E-state index contributed by atoms with van der Waals surface area (Å²) in [6.45, 7) is 0.0158. The summed E-state index contributed by atoms with van der Waals surface area (Å²) >= 11 is 5.74. The predicted molar refractivity (Wildman–Crippen MR) is 73.6 cm³/mol. The monoisotopic (exact) mass is 315 g/mol. The van der Waals surface area contributed by atoms with Gasteiger partial charge in [-0.3, -0.25) is 0 Å². The fraction of sp³-hybridized carbons (Fsp3) is 0.0769. The van der Waals surface area contributed by atoms with E-state index in [1.54, 1.807) is 6.07 Å². The molecule has 0 aliphatic carbocycles. The molecule has 20 heavy (non-hydrogen) atoms. The number of ether oxygens (including phenoxy) is 1. The molecule has 0 saturated heterocycles. The second-order valence-electron chi connectivity index (χ2n) is 4.05. The van der Waals surface area contributed by atoms with Gasteiger partial charge in [0.05, 0.1) is 0 Å². The summed E-state index contributed by atoms with van der Waals surface area (Å²) in [5, 5.41) is 5.32. The first-order valence-electron chi connectivity index (χ1n) is 5.56. The normalized spacial score (nSPS) is 11.3. The zero-order chi connectivity index (χ0) is 14.8. The largest absolute Gasteiger partial charge is 0.487 e. The summed E-state index contributed by atoms with van der Waals surface area (Å²) in [6.07, 6.45) is 0. The second-order valence-corrected chi connectivity index (χ2v) is 6.02. The minimum atomic E-state index is -3.95. The molecule has 0 aliphatic rings. The molecule has 2 aromatic carbocycles. The minimum Gasteiger partial charge on any atom is -0.487 e. The average molecular weight is 316 g/mol. The fourth-order valence-corrected chi connectivity index (χ4v) is 2.55. The summed E-state index contributed by atoms with van der Waals surface area (Å²) < 4.78 is 41.3. The molecular formula is C13H11ClFNO3S. The van der Waals surface area contributed by atoms with Crippen molar-refractivity contribution in [1.29, 1.82) is 0 Å². The Morgan fingerprint density at radius 2 is 1.95 bits per heavy atom. The lowest BCUT2D eigenvalue weighted by atomic mass is 10.2. The smallest absolute Gasteiger partial charge is 0.241 e. The number of nitrogens with two attached hydrogens (primary N) is 1. The van der Waals surface area contributed by atoms with Gasteiger partial charge in [-0.2, -0.15) is 0 Å². The highest BCUT2D eigenvalue weighted by atomic mass is 35.5. The third kappa shape index (κ3) is 3.69. The van der Waals surface area contributed by atoms with Crippen LogP contribution in [0.4, 0.5) is 4.39 Å². The predicted octanol–water partition coefficient (Wildman–Crippen LogP) is 2.71. The van der Waals surface area contributed by atoms with Gasteiger partial charge in [-0.05, 0) is 35.9 Å². The van der Waals surface area contributed by atoms with E-state index in [1.165, 1.54) is 36.4 Å². The van der Waals surface area contributed by atoms with Crippen molar-refractivity contribution < 1.29 is 17.5 Å². The molecule has 2 rings (SSSR count). The quantitative estimate of drug-likeness (QED) is 0.943. The molecule has 2 aromatic rings. The second kappa shape index (κ2) is 5.78. The van der Waals surface area contributed by atoms with E-state index < -0.39 is 15.8 Å². The van der Waals surface area contributed by atoms with Crippen molar-refractivity contribution in [2.45, 2.75) is 11.5 Å². The lowest BCUT2D eigenvalue weighted by Crippen LogP contribution is -2.14. The van der Waals surface area contributed by atoms with Gasteiger partial charge >= 0.3 is 0 Å². The van der Waals surface area contributed by atoms with Crippen LogP contribution in [0.15, 0.2) is 47.4 Å². The topological polar surface area (TPSA) is 69.4 Å². The lowest BCUT2D eigenvalue weighted by Gasteiger charge is -2.10. The molecule has 0 bridgehead atoms. The Morgan fingerprint density at radius 3 is 2.60 bits per heavy atom. The number of hydrogen-bond acceptors (Lipinski definition) is 3. The van der Waals surface area contributed by atoms with Gasteiger partial charge in [0.2, 0.25) is 10.0 Å². The summed E-state index contributed by atoms with van der Waals surface area (Å²) in [4.78, 5) is -0.207. The highest BCUT2D eigenvalue weighted by Crippen LogP contribution is 2.27. The Bertz CT molecular complexity index is 734. The zero-order valence-electron chi connectivity index (χ0n) is 10.2. The van der Waals surface area contributed by atoms with Gasteiger partial charge in [0.25, 0.3) is 0 Å². The van der Waals surface area contributed by atoms with E-state index in [1.807, 2.05) is 0 Å². The van der Waals surface area contributed by atoms with E-state index in [4.69, 9.17) is 21.5 Å². The van der Waals surface area contributed by atoms with Crippen molar-refractivity contribution >= 4 is 21.6 Å². The Kier molecular flexibility index (Phi) is 4.27. The molecule has 7 heteroatoms. The van der Waals surface area contributed by atoms with Crippen LogP contribution in [0.2, 0.25) is 5.02 Å². The van der Waals surface area contributed by atoms with Gasteiger partial charge in [-0.15, -0.1) is 0 Å². The van der Waals surface area contributed by atoms with E-state index >= 15 is 0 Å². The van der Waals surface area contributed by atoms with E-state index in [0.717, 1.165) is 0 Å². The summed E-state index contributed by atoms with van der Waals surface area (Å²) in [6, 6.07) is 9.90. The molecule has 0 heterocycles. The molecule has 0 amide bonds. The third-order valence-corrected chi connectivity index (χ3v) is 3.66. The number of rotatable bonds is 4. The molecule has 0 aliphatic heterocycles. The Balaban J connectivity index is 2.26. The molecule has 106 valence electrons. The maximum absolute atomic E-state index is 13.0. The first kappa shape index (κ1) is 14.8. The van der Waals surface area contributed by atoms with Crippen molar-refractivity contribution in [3.05, 3.63) is 58.9 Å². The molecule has 0 spiro atoms. The first-order valence-corrected chi connectivity index (χ1v) is 7.48. The van der Waals surface area contributed by atoms with Gasteiger partial charge in [0.15, 0.2) is 0 Å². The summed E-state index contributed by atoms with van der Waals surface area (Å²) in [5.74, 6) is -0.324. The van der Waals surface area contributed by atoms with Crippen molar-refractivity contribution in [3.63, 3.8) is 0 Å². The molecule has 0 fully saturated rings. The molecule has 2 N–H and O–H groups in total. The number of sulfonamides is 1.